The Labute approximate surface area is 123 Å². The molecule has 0 radical (unpaired) electrons. The Bertz CT molecular complexity index is 542. The average molecular weight is 348 g/mol. The zero-order valence-corrected chi connectivity index (χ0v) is 12.8. The molecule has 0 aliphatic rings. The molecular formula is C13H12BrClO2S. The highest BCUT2D eigenvalue weighted by molar-refractivity contribution is 9.10. The number of aliphatic hydroxyl groups is 1. The van der Waals surface area contributed by atoms with Gasteiger partial charge in [-0.3, -0.25) is 0 Å². The summed E-state index contributed by atoms with van der Waals surface area (Å²) in [5.41, 5.74) is 0.809. The molecule has 5 heteroatoms. The van der Waals surface area contributed by atoms with E-state index in [-0.39, 0.29) is 0 Å². The summed E-state index contributed by atoms with van der Waals surface area (Å²) >= 11 is 10.7. The molecule has 2 rings (SSSR count). The molecule has 1 unspecified atom stereocenters. The monoisotopic (exact) mass is 346 g/mol. The van der Waals surface area contributed by atoms with Crippen LogP contribution in [0.4, 0.5) is 0 Å². The Morgan fingerprint density at radius 2 is 2.17 bits per heavy atom. The van der Waals surface area contributed by atoms with Crippen molar-refractivity contribution in [1.82, 2.24) is 0 Å². The molecule has 0 aliphatic carbocycles. The van der Waals surface area contributed by atoms with Crippen molar-refractivity contribution >= 4 is 38.9 Å². The highest BCUT2D eigenvalue weighted by atomic mass is 79.9. The van der Waals surface area contributed by atoms with E-state index in [1.807, 2.05) is 31.2 Å². The van der Waals surface area contributed by atoms with Crippen LogP contribution in [-0.2, 0) is 0 Å². The Morgan fingerprint density at radius 1 is 1.39 bits per heavy atom. The molecule has 0 spiro atoms. The highest BCUT2D eigenvalue weighted by Crippen LogP contribution is 2.34. The number of thiophene rings is 1. The van der Waals surface area contributed by atoms with Crippen LogP contribution in [-0.4, -0.2) is 11.7 Å². The molecule has 1 atom stereocenters. The van der Waals surface area contributed by atoms with Gasteiger partial charge in [0.2, 0.25) is 0 Å². The zero-order valence-electron chi connectivity index (χ0n) is 9.69. The van der Waals surface area contributed by atoms with Crippen molar-refractivity contribution in [2.45, 2.75) is 13.0 Å². The summed E-state index contributed by atoms with van der Waals surface area (Å²) in [6, 6.07) is 9.19. The predicted molar refractivity (Wildman–Crippen MR) is 78.7 cm³/mol. The second-order valence-corrected chi connectivity index (χ2v) is 6.27. The summed E-state index contributed by atoms with van der Waals surface area (Å²) in [5.74, 6) is 0.776. The third-order valence-corrected chi connectivity index (χ3v) is 4.34. The van der Waals surface area contributed by atoms with Crippen LogP contribution < -0.4 is 4.74 Å². The van der Waals surface area contributed by atoms with Crippen molar-refractivity contribution < 1.29 is 9.84 Å². The molecule has 0 saturated heterocycles. The fourth-order valence-corrected chi connectivity index (χ4v) is 3.19. The molecule has 1 N–H and O–H groups in total. The van der Waals surface area contributed by atoms with E-state index in [9.17, 15) is 5.11 Å². The van der Waals surface area contributed by atoms with Crippen LogP contribution in [0.15, 0.2) is 34.8 Å². The summed E-state index contributed by atoms with van der Waals surface area (Å²) in [4.78, 5) is 0.830. The summed E-state index contributed by atoms with van der Waals surface area (Å²) in [5, 5.41) is 10.2. The van der Waals surface area contributed by atoms with Gasteiger partial charge in [0.25, 0.3) is 0 Å². The van der Waals surface area contributed by atoms with E-state index in [1.165, 1.54) is 11.3 Å². The van der Waals surface area contributed by atoms with Crippen molar-refractivity contribution in [2.24, 2.45) is 0 Å². The predicted octanol–water partition coefficient (Wildman–Crippen LogP) is 4.64. The molecule has 0 bridgehead atoms. The first-order chi connectivity index (χ1) is 8.61. The third-order valence-electron chi connectivity index (χ3n) is 2.44. The first-order valence-corrected chi connectivity index (χ1v) is 7.46. The lowest BCUT2D eigenvalue weighted by molar-refractivity contribution is 0.224. The van der Waals surface area contributed by atoms with Crippen LogP contribution in [0.2, 0.25) is 4.34 Å². The second-order valence-electron chi connectivity index (χ2n) is 3.67. The fourth-order valence-electron chi connectivity index (χ4n) is 1.60. The van der Waals surface area contributed by atoms with Crippen LogP contribution >= 0.6 is 38.9 Å². The third kappa shape index (κ3) is 3.06. The van der Waals surface area contributed by atoms with Gasteiger partial charge in [-0.1, -0.05) is 17.7 Å². The lowest BCUT2D eigenvalue weighted by Gasteiger charge is -2.12. The largest absolute Gasteiger partial charge is 0.493 e. The van der Waals surface area contributed by atoms with E-state index < -0.39 is 6.10 Å². The quantitative estimate of drug-likeness (QED) is 0.872. The molecule has 96 valence electrons. The molecule has 0 saturated carbocycles. The SMILES string of the molecule is CCOc1ccc(C(O)c2ccc(Cl)s2)cc1Br. The molecule has 18 heavy (non-hydrogen) atoms. The smallest absolute Gasteiger partial charge is 0.133 e. The van der Waals surface area contributed by atoms with E-state index in [1.54, 1.807) is 6.07 Å². The lowest BCUT2D eigenvalue weighted by Crippen LogP contribution is -1.98. The average Bonchev–Trinajstić information content (AvgIpc) is 2.78. The van der Waals surface area contributed by atoms with E-state index in [0.717, 1.165) is 20.7 Å². The van der Waals surface area contributed by atoms with Crippen LogP contribution in [0.3, 0.4) is 0 Å². The summed E-state index contributed by atoms with van der Waals surface area (Å²) in [6.07, 6.45) is -0.658. The first-order valence-electron chi connectivity index (χ1n) is 5.47. The van der Waals surface area contributed by atoms with Crippen molar-refractivity contribution in [2.75, 3.05) is 6.61 Å². The number of rotatable bonds is 4. The second kappa shape index (κ2) is 6.06. The van der Waals surface area contributed by atoms with Crippen molar-refractivity contribution in [1.29, 1.82) is 0 Å². The Balaban J connectivity index is 2.26. The number of benzene rings is 1. The maximum atomic E-state index is 10.2. The molecule has 0 aliphatic heterocycles. The summed E-state index contributed by atoms with van der Waals surface area (Å²) in [7, 11) is 0. The maximum Gasteiger partial charge on any atom is 0.133 e. The van der Waals surface area contributed by atoms with Crippen LogP contribution in [0.1, 0.15) is 23.5 Å². The van der Waals surface area contributed by atoms with E-state index in [2.05, 4.69) is 15.9 Å². The Hall–Kier alpha value is -0.550. The Kier molecular flexibility index (Phi) is 4.67. The number of aliphatic hydroxyl groups excluding tert-OH is 1. The number of hydrogen-bond donors (Lipinski definition) is 1. The lowest BCUT2D eigenvalue weighted by atomic mass is 10.1. The number of halogens is 2. The van der Waals surface area contributed by atoms with Crippen LogP contribution in [0, 0.1) is 0 Å². The van der Waals surface area contributed by atoms with Crippen LogP contribution in [0.5, 0.6) is 5.75 Å². The van der Waals surface area contributed by atoms with Gasteiger partial charge in [0.1, 0.15) is 11.9 Å². The Morgan fingerprint density at radius 3 is 2.72 bits per heavy atom. The van der Waals surface area contributed by atoms with E-state index in [4.69, 9.17) is 16.3 Å². The van der Waals surface area contributed by atoms with Gasteiger partial charge >= 0.3 is 0 Å². The molecule has 0 fully saturated rings. The van der Waals surface area contributed by atoms with Crippen molar-refractivity contribution in [3.8, 4) is 5.75 Å². The summed E-state index contributed by atoms with van der Waals surface area (Å²) in [6.45, 7) is 2.55. The standard InChI is InChI=1S/C13H12BrClO2S/c1-2-17-10-4-3-8(7-9(10)14)13(16)11-5-6-12(15)18-11/h3-7,13,16H,2H2,1H3. The molecule has 1 aromatic heterocycles. The minimum Gasteiger partial charge on any atom is -0.493 e. The van der Waals surface area contributed by atoms with Gasteiger partial charge < -0.3 is 9.84 Å². The normalized spacial score (nSPS) is 12.4. The van der Waals surface area contributed by atoms with Gasteiger partial charge in [0.05, 0.1) is 15.4 Å². The molecule has 0 amide bonds. The highest BCUT2D eigenvalue weighted by Gasteiger charge is 2.14. The van der Waals surface area contributed by atoms with Gasteiger partial charge in [0, 0.05) is 4.88 Å². The molecule has 2 aromatic rings. The van der Waals surface area contributed by atoms with Gasteiger partial charge in [-0.05, 0) is 52.7 Å². The summed E-state index contributed by atoms with van der Waals surface area (Å²) < 4.78 is 6.95. The first kappa shape index (κ1) is 13.9. The van der Waals surface area contributed by atoms with Crippen LogP contribution in [0.25, 0.3) is 0 Å². The molecular weight excluding hydrogens is 336 g/mol. The van der Waals surface area contributed by atoms with Crippen molar-refractivity contribution in [3.63, 3.8) is 0 Å². The zero-order chi connectivity index (χ0) is 13.1. The molecule has 2 nitrogen and oxygen atoms in total. The van der Waals surface area contributed by atoms with E-state index in [0.29, 0.717) is 10.9 Å². The van der Waals surface area contributed by atoms with E-state index >= 15 is 0 Å². The van der Waals surface area contributed by atoms with Crippen molar-refractivity contribution in [3.05, 3.63) is 49.6 Å². The van der Waals surface area contributed by atoms with Gasteiger partial charge in [0.15, 0.2) is 0 Å². The molecule has 1 aromatic carbocycles. The fraction of sp³-hybridized carbons (Fsp3) is 0.231. The maximum absolute atomic E-state index is 10.2. The minimum atomic E-state index is -0.658. The topological polar surface area (TPSA) is 29.5 Å². The molecule has 1 heterocycles. The van der Waals surface area contributed by atoms with Gasteiger partial charge in [-0.25, -0.2) is 0 Å². The number of hydrogen-bond acceptors (Lipinski definition) is 3. The van der Waals surface area contributed by atoms with Gasteiger partial charge in [-0.15, -0.1) is 11.3 Å². The number of ether oxygens (including phenoxy) is 1. The minimum absolute atomic E-state index is 0.612. The van der Waals surface area contributed by atoms with Gasteiger partial charge in [-0.2, -0.15) is 0 Å².